The molecule has 0 spiro atoms. The van der Waals surface area contributed by atoms with Gasteiger partial charge in [0.2, 0.25) is 0 Å². The first-order valence-electron chi connectivity index (χ1n) is 8.34. The van der Waals surface area contributed by atoms with Crippen LogP contribution in [0, 0.1) is 18.8 Å². The van der Waals surface area contributed by atoms with Crippen molar-refractivity contribution >= 4 is 11.6 Å². The van der Waals surface area contributed by atoms with Crippen molar-refractivity contribution in [1.29, 1.82) is 0 Å². The Morgan fingerprint density at radius 1 is 0.952 bits per heavy atom. The van der Waals surface area contributed by atoms with Gasteiger partial charge in [-0.25, -0.2) is 9.97 Å². The Balaban J connectivity index is 2.91. The fraction of sp³-hybridized carbons (Fsp3) is 0.765. The zero-order chi connectivity index (χ0) is 15.8. The van der Waals surface area contributed by atoms with Crippen LogP contribution in [0.3, 0.4) is 0 Å². The van der Waals surface area contributed by atoms with Crippen LogP contribution in [0.25, 0.3) is 0 Å². The Kier molecular flexibility index (Phi) is 7.48. The lowest BCUT2D eigenvalue weighted by molar-refractivity contribution is 0.439. The molecule has 0 radical (unpaired) electrons. The van der Waals surface area contributed by atoms with Crippen molar-refractivity contribution in [2.24, 2.45) is 11.8 Å². The summed E-state index contributed by atoms with van der Waals surface area (Å²) in [5, 5.41) is 6.94. The zero-order valence-electron chi connectivity index (χ0n) is 14.6. The number of nitrogens with one attached hydrogen (secondary N) is 2. The number of rotatable bonds is 9. The molecule has 1 unspecified atom stereocenters. The first-order valence-corrected chi connectivity index (χ1v) is 8.34. The van der Waals surface area contributed by atoms with Crippen LogP contribution in [0.2, 0.25) is 0 Å². The number of aromatic nitrogens is 2. The topological polar surface area (TPSA) is 49.8 Å². The summed E-state index contributed by atoms with van der Waals surface area (Å²) < 4.78 is 0. The van der Waals surface area contributed by atoms with Gasteiger partial charge in [-0.2, -0.15) is 0 Å². The average Bonchev–Trinajstić information content (AvgIpc) is 2.45. The molecule has 4 nitrogen and oxygen atoms in total. The van der Waals surface area contributed by atoms with Crippen LogP contribution < -0.4 is 10.6 Å². The minimum atomic E-state index is 0.626. The van der Waals surface area contributed by atoms with Gasteiger partial charge in [-0.05, 0) is 31.6 Å². The maximum Gasteiger partial charge on any atom is 0.134 e. The van der Waals surface area contributed by atoms with Crippen molar-refractivity contribution in [2.45, 2.75) is 60.8 Å². The highest BCUT2D eigenvalue weighted by molar-refractivity contribution is 5.57. The van der Waals surface area contributed by atoms with E-state index in [4.69, 9.17) is 4.98 Å². The molecule has 0 aliphatic heterocycles. The van der Waals surface area contributed by atoms with Gasteiger partial charge in [0.15, 0.2) is 0 Å². The van der Waals surface area contributed by atoms with E-state index < -0.39 is 0 Å². The summed E-state index contributed by atoms with van der Waals surface area (Å²) in [6, 6.07) is 0. The predicted octanol–water partition coefficient (Wildman–Crippen LogP) is 4.26. The predicted molar refractivity (Wildman–Crippen MR) is 92.0 cm³/mol. The number of nitrogens with zero attached hydrogens (tertiary/aromatic N) is 2. The highest BCUT2D eigenvalue weighted by atomic mass is 15.1. The molecule has 4 heteroatoms. The van der Waals surface area contributed by atoms with E-state index in [1.807, 2.05) is 0 Å². The summed E-state index contributed by atoms with van der Waals surface area (Å²) in [5.41, 5.74) is 1.12. The Labute approximate surface area is 130 Å². The molecule has 120 valence electrons. The van der Waals surface area contributed by atoms with E-state index in [-0.39, 0.29) is 0 Å². The van der Waals surface area contributed by atoms with Crippen LogP contribution in [0.5, 0.6) is 0 Å². The van der Waals surface area contributed by atoms with Crippen molar-refractivity contribution in [2.75, 3.05) is 23.7 Å². The lowest BCUT2D eigenvalue weighted by Crippen LogP contribution is -2.19. The Morgan fingerprint density at radius 3 is 2.10 bits per heavy atom. The summed E-state index contributed by atoms with van der Waals surface area (Å²) in [5.74, 6) is 4.20. The van der Waals surface area contributed by atoms with Gasteiger partial charge in [0.05, 0.1) is 0 Å². The molecule has 0 amide bonds. The van der Waals surface area contributed by atoms with E-state index in [2.05, 4.69) is 57.2 Å². The molecule has 21 heavy (non-hydrogen) atoms. The molecular formula is C17H32N4. The van der Waals surface area contributed by atoms with Crippen molar-refractivity contribution in [1.82, 2.24) is 9.97 Å². The molecule has 1 rings (SSSR count). The van der Waals surface area contributed by atoms with Crippen LogP contribution in [0.15, 0.2) is 0 Å². The zero-order valence-corrected chi connectivity index (χ0v) is 14.6. The molecule has 0 saturated carbocycles. The minimum Gasteiger partial charge on any atom is -0.370 e. The van der Waals surface area contributed by atoms with E-state index in [9.17, 15) is 0 Å². The highest BCUT2D eigenvalue weighted by Crippen LogP contribution is 2.21. The van der Waals surface area contributed by atoms with Gasteiger partial charge in [-0.1, -0.05) is 34.6 Å². The van der Waals surface area contributed by atoms with E-state index in [1.165, 1.54) is 0 Å². The lowest BCUT2D eigenvalue weighted by Gasteiger charge is -2.19. The first-order chi connectivity index (χ1) is 9.99. The van der Waals surface area contributed by atoms with Gasteiger partial charge >= 0.3 is 0 Å². The van der Waals surface area contributed by atoms with Gasteiger partial charge in [-0.3, -0.25) is 0 Å². The molecule has 0 aromatic carbocycles. The maximum absolute atomic E-state index is 4.70. The van der Waals surface area contributed by atoms with E-state index in [1.54, 1.807) is 0 Å². The monoisotopic (exact) mass is 292 g/mol. The van der Waals surface area contributed by atoms with E-state index >= 15 is 0 Å². The van der Waals surface area contributed by atoms with E-state index in [0.717, 1.165) is 55.4 Å². The third-order valence-corrected chi connectivity index (χ3v) is 3.94. The molecule has 1 aromatic rings. The Morgan fingerprint density at radius 2 is 1.57 bits per heavy atom. The molecule has 1 aromatic heterocycles. The van der Waals surface area contributed by atoms with E-state index in [0.29, 0.717) is 11.8 Å². The smallest absolute Gasteiger partial charge is 0.134 e. The summed E-state index contributed by atoms with van der Waals surface area (Å²) in [4.78, 5) is 9.36. The summed E-state index contributed by atoms with van der Waals surface area (Å²) in [6.45, 7) is 15.1. The standard InChI is InChI=1S/C17H32N4/c1-7-9-15-20-16(18-10-8-2)14(6)17(21-15)19-11-13(5)12(3)4/h12-13H,7-11H2,1-6H3,(H2,18,19,20,21). The van der Waals surface area contributed by atoms with Gasteiger partial charge < -0.3 is 10.6 Å². The number of anilines is 2. The molecule has 0 fully saturated rings. The van der Waals surface area contributed by atoms with Gasteiger partial charge in [0.1, 0.15) is 17.5 Å². The van der Waals surface area contributed by atoms with Crippen LogP contribution >= 0.6 is 0 Å². The quantitative estimate of drug-likeness (QED) is 0.714. The normalized spacial score (nSPS) is 12.5. The SMILES string of the molecule is CCCNc1nc(CCC)nc(NCC(C)C(C)C)c1C. The number of hydrogen-bond donors (Lipinski definition) is 2. The fourth-order valence-corrected chi connectivity index (χ4v) is 1.98. The lowest BCUT2D eigenvalue weighted by atomic mass is 9.98. The molecular weight excluding hydrogens is 260 g/mol. The summed E-state index contributed by atoms with van der Waals surface area (Å²) in [6.07, 6.45) is 3.09. The maximum atomic E-state index is 4.70. The Hall–Kier alpha value is -1.32. The molecule has 1 atom stereocenters. The average molecular weight is 292 g/mol. The molecule has 0 aliphatic rings. The molecule has 0 bridgehead atoms. The second-order valence-corrected chi connectivity index (χ2v) is 6.24. The van der Waals surface area contributed by atoms with Crippen LogP contribution in [0.1, 0.15) is 58.8 Å². The van der Waals surface area contributed by atoms with Crippen molar-refractivity contribution in [3.8, 4) is 0 Å². The summed E-state index contributed by atoms with van der Waals surface area (Å²) in [7, 11) is 0. The number of hydrogen-bond acceptors (Lipinski definition) is 4. The highest BCUT2D eigenvalue weighted by Gasteiger charge is 2.12. The number of aryl methyl sites for hydroxylation is 1. The van der Waals surface area contributed by atoms with Crippen molar-refractivity contribution in [3.63, 3.8) is 0 Å². The fourth-order valence-electron chi connectivity index (χ4n) is 1.98. The van der Waals surface area contributed by atoms with Crippen LogP contribution in [0.4, 0.5) is 11.6 Å². The molecule has 0 aliphatic carbocycles. The second kappa shape index (κ2) is 8.85. The third kappa shape index (κ3) is 5.52. The van der Waals surface area contributed by atoms with Gasteiger partial charge in [-0.15, -0.1) is 0 Å². The largest absolute Gasteiger partial charge is 0.370 e. The Bertz CT molecular complexity index is 429. The second-order valence-electron chi connectivity index (χ2n) is 6.24. The van der Waals surface area contributed by atoms with Crippen molar-refractivity contribution < 1.29 is 0 Å². The van der Waals surface area contributed by atoms with Crippen molar-refractivity contribution in [3.05, 3.63) is 11.4 Å². The minimum absolute atomic E-state index is 0.626. The van der Waals surface area contributed by atoms with Crippen LogP contribution in [-0.4, -0.2) is 23.1 Å². The summed E-state index contributed by atoms with van der Waals surface area (Å²) >= 11 is 0. The third-order valence-electron chi connectivity index (χ3n) is 3.94. The van der Waals surface area contributed by atoms with Gasteiger partial charge in [0.25, 0.3) is 0 Å². The molecule has 2 N–H and O–H groups in total. The molecule has 0 saturated heterocycles. The van der Waals surface area contributed by atoms with Gasteiger partial charge in [0, 0.05) is 25.1 Å². The first kappa shape index (κ1) is 17.7. The molecule has 1 heterocycles. The van der Waals surface area contributed by atoms with Crippen LogP contribution in [-0.2, 0) is 6.42 Å².